The number of nitrogens with one attached hydrogen (secondary N) is 1. The Kier molecular flexibility index (Phi) is 3.04. The molecule has 1 aromatic heterocycles. The summed E-state index contributed by atoms with van der Waals surface area (Å²) in [5.41, 5.74) is 7.82. The van der Waals surface area contributed by atoms with E-state index in [1.54, 1.807) is 7.11 Å². The van der Waals surface area contributed by atoms with Crippen molar-refractivity contribution in [3.8, 4) is 5.75 Å². The molecule has 0 unspecified atom stereocenters. The van der Waals surface area contributed by atoms with E-state index in [2.05, 4.69) is 48.3 Å². The summed E-state index contributed by atoms with van der Waals surface area (Å²) in [7, 11) is 1.70. The molecule has 2 aromatic carbocycles. The second-order valence-corrected chi connectivity index (χ2v) is 5.91. The first-order valence-corrected chi connectivity index (χ1v) is 7.72. The fourth-order valence-corrected chi connectivity index (χ4v) is 3.35. The van der Waals surface area contributed by atoms with Gasteiger partial charge >= 0.3 is 0 Å². The quantitative estimate of drug-likeness (QED) is 0.716. The lowest BCUT2D eigenvalue weighted by molar-refractivity contribution is 0.415. The number of methoxy groups -OCH3 is 1. The zero-order valence-electron chi connectivity index (χ0n) is 12.9. The van der Waals surface area contributed by atoms with Gasteiger partial charge in [0.1, 0.15) is 5.75 Å². The van der Waals surface area contributed by atoms with Crippen LogP contribution in [0.1, 0.15) is 28.8 Å². The zero-order valence-corrected chi connectivity index (χ0v) is 12.9. The summed E-state index contributed by atoms with van der Waals surface area (Å²) in [6.45, 7) is 2.15. The molecule has 1 N–H and O–H groups in total. The van der Waals surface area contributed by atoms with Crippen LogP contribution in [0.4, 0.5) is 0 Å². The lowest BCUT2D eigenvalue weighted by atomic mass is 9.90. The fraction of sp³-hybridized carbons (Fsp3) is 0.200. The Morgan fingerprint density at radius 1 is 1.05 bits per heavy atom. The van der Waals surface area contributed by atoms with E-state index in [9.17, 15) is 0 Å². The summed E-state index contributed by atoms with van der Waals surface area (Å²) < 4.78 is 5.26. The van der Waals surface area contributed by atoms with Crippen LogP contribution >= 0.6 is 0 Å². The van der Waals surface area contributed by atoms with Crippen molar-refractivity contribution in [3.63, 3.8) is 0 Å². The Bertz CT molecular complexity index is 869. The highest BCUT2D eigenvalue weighted by Crippen LogP contribution is 2.36. The van der Waals surface area contributed by atoms with E-state index in [1.165, 1.54) is 38.9 Å². The zero-order chi connectivity index (χ0) is 15.1. The molecule has 0 amide bonds. The summed E-state index contributed by atoms with van der Waals surface area (Å²) in [5.74, 6) is 0.896. The molecule has 1 aliphatic rings. The van der Waals surface area contributed by atoms with Crippen LogP contribution in [-0.2, 0) is 6.42 Å². The molecule has 0 bridgehead atoms. The van der Waals surface area contributed by atoms with Crippen LogP contribution in [0.3, 0.4) is 0 Å². The average Bonchev–Trinajstić information content (AvgIpc) is 2.93. The Hall–Kier alpha value is -2.48. The van der Waals surface area contributed by atoms with E-state index >= 15 is 0 Å². The second-order valence-electron chi connectivity index (χ2n) is 5.91. The van der Waals surface area contributed by atoms with Gasteiger partial charge in [0.05, 0.1) is 7.11 Å². The Labute approximate surface area is 130 Å². The van der Waals surface area contributed by atoms with E-state index in [-0.39, 0.29) is 0 Å². The molecule has 4 rings (SSSR count). The van der Waals surface area contributed by atoms with Crippen LogP contribution in [0.2, 0.25) is 0 Å². The minimum absolute atomic E-state index is 0.896. The Morgan fingerprint density at radius 2 is 1.86 bits per heavy atom. The van der Waals surface area contributed by atoms with Gasteiger partial charge < -0.3 is 9.72 Å². The molecular weight excluding hydrogens is 270 g/mol. The summed E-state index contributed by atoms with van der Waals surface area (Å²) >= 11 is 0. The topological polar surface area (TPSA) is 25.0 Å². The van der Waals surface area contributed by atoms with Crippen molar-refractivity contribution in [2.24, 2.45) is 0 Å². The third-order valence-corrected chi connectivity index (χ3v) is 4.47. The van der Waals surface area contributed by atoms with Crippen molar-refractivity contribution < 1.29 is 4.74 Å². The number of aromatic amines is 1. The number of hydrogen-bond acceptors (Lipinski definition) is 1. The van der Waals surface area contributed by atoms with Gasteiger partial charge in [-0.3, -0.25) is 0 Å². The van der Waals surface area contributed by atoms with Crippen molar-refractivity contribution in [2.75, 3.05) is 7.11 Å². The van der Waals surface area contributed by atoms with Gasteiger partial charge in [0, 0.05) is 22.2 Å². The number of allylic oxidation sites excluding steroid dienone is 1. The van der Waals surface area contributed by atoms with E-state index in [1.807, 2.05) is 12.1 Å². The van der Waals surface area contributed by atoms with Gasteiger partial charge in [0.25, 0.3) is 0 Å². The van der Waals surface area contributed by atoms with Crippen LogP contribution in [0.25, 0.3) is 16.5 Å². The third kappa shape index (κ3) is 2.03. The predicted molar refractivity (Wildman–Crippen MR) is 91.4 cm³/mol. The van der Waals surface area contributed by atoms with Crippen molar-refractivity contribution in [1.29, 1.82) is 0 Å². The lowest BCUT2D eigenvalue weighted by Gasteiger charge is -2.15. The molecular formula is C20H19NO. The Morgan fingerprint density at radius 3 is 2.64 bits per heavy atom. The lowest BCUT2D eigenvalue weighted by Crippen LogP contribution is -1.99. The van der Waals surface area contributed by atoms with Gasteiger partial charge in [0.15, 0.2) is 0 Å². The molecule has 22 heavy (non-hydrogen) atoms. The van der Waals surface area contributed by atoms with E-state index in [4.69, 9.17) is 4.74 Å². The molecule has 0 spiro atoms. The van der Waals surface area contributed by atoms with E-state index in [0.717, 1.165) is 18.6 Å². The van der Waals surface area contributed by atoms with Crippen LogP contribution in [0.5, 0.6) is 5.75 Å². The summed E-state index contributed by atoms with van der Waals surface area (Å²) in [4.78, 5) is 3.62. The Balaban J connectivity index is 1.86. The maximum Gasteiger partial charge on any atom is 0.118 e. The minimum Gasteiger partial charge on any atom is -0.497 e. The van der Waals surface area contributed by atoms with Gasteiger partial charge in [0.2, 0.25) is 0 Å². The highest BCUT2D eigenvalue weighted by Gasteiger charge is 2.19. The SMILES string of the molecule is COc1ccc(C2=CCCc3c2[nH]c2ccc(C)cc32)cc1. The minimum atomic E-state index is 0.896. The van der Waals surface area contributed by atoms with E-state index in [0.29, 0.717) is 0 Å². The molecule has 110 valence electrons. The number of fused-ring (bicyclic) bond motifs is 3. The van der Waals surface area contributed by atoms with Gasteiger partial charge in [-0.25, -0.2) is 0 Å². The molecule has 0 radical (unpaired) electrons. The molecule has 3 aromatic rings. The van der Waals surface area contributed by atoms with Gasteiger partial charge in [-0.2, -0.15) is 0 Å². The maximum atomic E-state index is 5.26. The number of hydrogen-bond donors (Lipinski definition) is 1. The summed E-state index contributed by atoms with van der Waals surface area (Å²) in [6.07, 6.45) is 4.54. The highest BCUT2D eigenvalue weighted by molar-refractivity contribution is 5.93. The van der Waals surface area contributed by atoms with Gasteiger partial charge in [-0.1, -0.05) is 29.8 Å². The smallest absolute Gasteiger partial charge is 0.118 e. The fourth-order valence-electron chi connectivity index (χ4n) is 3.35. The standard InChI is InChI=1S/C20H19NO/c1-13-6-11-19-18(12-13)17-5-3-4-16(20(17)21-19)14-7-9-15(22-2)10-8-14/h4,6-12,21H,3,5H2,1-2H3. The molecule has 2 heteroatoms. The van der Waals surface area contributed by atoms with Crippen LogP contribution in [-0.4, -0.2) is 12.1 Å². The highest BCUT2D eigenvalue weighted by atomic mass is 16.5. The number of aromatic nitrogens is 1. The van der Waals surface area contributed by atoms with Crippen molar-refractivity contribution >= 4 is 16.5 Å². The summed E-state index contributed by atoms with van der Waals surface area (Å²) in [5, 5.41) is 1.37. The summed E-state index contributed by atoms with van der Waals surface area (Å²) in [6, 6.07) is 15.0. The molecule has 0 fully saturated rings. The van der Waals surface area contributed by atoms with Crippen molar-refractivity contribution in [1.82, 2.24) is 4.98 Å². The first-order chi connectivity index (χ1) is 10.8. The number of ether oxygens (including phenoxy) is 1. The van der Waals surface area contributed by atoms with Crippen molar-refractivity contribution in [2.45, 2.75) is 19.8 Å². The molecule has 0 atom stereocenters. The monoisotopic (exact) mass is 289 g/mol. The molecule has 1 heterocycles. The first-order valence-electron chi connectivity index (χ1n) is 7.72. The third-order valence-electron chi connectivity index (χ3n) is 4.47. The number of H-pyrrole nitrogens is 1. The van der Waals surface area contributed by atoms with Gasteiger partial charge in [-0.15, -0.1) is 0 Å². The molecule has 0 aliphatic heterocycles. The van der Waals surface area contributed by atoms with Crippen molar-refractivity contribution in [3.05, 3.63) is 70.9 Å². The maximum absolute atomic E-state index is 5.26. The molecule has 0 saturated heterocycles. The van der Waals surface area contributed by atoms with Crippen LogP contribution in [0, 0.1) is 6.92 Å². The average molecular weight is 289 g/mol. The second kappa shape index (κ2) is 5.06. The van der Waals surface area contributed by atoms with Crippen LogP contribution < -0.4 is 4.74 Å². The first kappa shape index (κ1) is 13.2. The molecule has 1 aliphatic carbocycles. The van der Waals surface area contributed by atoms with E-state index < -0.39 is 0 Å². The normalized spacial score (nSPS) is 13.8. The number of benzene rings is 2. The number of aryl methyl sites for hydroxylation is 2. The van der Waals surface area contributed by atoms with Gasteiger partial charge in [-0.05, 0) is 55.2 Å². The molecule has 0 saturated carbocycles. The predicted octanol–water partition coefficient (Wildman–Crippen LogP) is 4.86. The largest absolute Gasteiger partial charge is 0.497 e. The molecule has 2 nitrogen and oxygen atoms in total. The number of rotatable bonds is 2. The van der Waals surface area contributed by atoms with Crippen LogP contribution in [0.15, 0.2) is 48.5 Å².